The van der Waals surface area contributed by atoms with E-state index in [2.05, 4.69) is 5.32 Å². The van der Waals surface area contributed by atoms with Crippen molar-refractivity contribution < 1.29 is 9.21 Å². The van der Waals surface area contributed by atoms with E-state index < -0.39 is 0 Å². The van der Waals surface area contributed by atoms with Gasteiger partial charge in [-0.3, -0.25) is 4.79 Å². The second-order valence-corrected chi connectivity index (χ2v) is 3.09. The number of amides is 1. The van der Waals surface area contributed by atoms with Crippen LogP contribution in [0.2, 0.25) is 0 Å². The molecule has 64 valence electrons. The second-order valence-electron chi connectivity index (χ2n) is 3.09. The molecule has 1 amide bonds. The van der Waals surface area contributed by atoms with Gasteiger partial charge in [-0.25, -0.2) is 0 Å². The van der Waals surface area contributed by atoms with Crippen LogP contribution in [0.1, 0.15) is 16.1 Å². The zero-order valence-corrected chi connectivity index (χ0v) is 6.83. The van der Waals surface area contributed by atoms with Gasteiger partial charge in [-0.05, 0) is 6.07 Å². The van der Waals surface area contributed by atoms with Gasteiger partial charge in [0.05, 0.1) is 0 Å². The van der Waals surface area contributed by atoms with E-state index in [-0.39, 0.29) is 5.91 Å². The highest BCUT2D eigenvalue weighted by Gasteiger charge is 2.25. The maximum atomic E-state index is 11.2. The van der Waals surface area contributed by atoms with Crippen molar-refractivity contribution in [2.45, 2.75) is 6.54 Å². The summed E-state index contributed by atoms with van der Waals surface area (Å²) in [6, 6.07) is 7.69. The molecule has 0 fully saturated rings. The predicted molar refractivity (Wildman–Crippen MR) is 47.4 cm³/mol. The zero-order valence-electron chi connectivity index (χ0n) is 6.83. The molecular weight excluding hydrogens is 166 g/mol. The molecule has 1 aromatic heterocycles. The molecule has 2 heterocycles. The topological polar surface area (TPSA) is 42.2 Å². The van der Waals surface area contributed by atoms with E-state index in [1.165, 1.54) is 0 Å². The average molecular weight is 173 g/mol. The number of hydrogen-bond donors (Lipinski definition) is 1. The minimum atomic E-state index is -0.105. The van der Waals surface area contributed by atoms with Gasteiger partial charge in [-0.15, -0.1) is 0 Å². The second kappa shape index (κ2) is 2.13. The Morgan fingerprint density at radius 2 is 2.15 bits per heavy atom. The molecule has 13 heavy (non-hydrogen) atoms. The normalized spacial score (nSPS) is 14.6. The summed E-state index contributed by atoms with van der Waals surface area (Å²) in [5.41, 5.74) is 1.78. The number of carbonyl (C=O) groups excluding carboxylic acids is 1. The van der Waals surface area contributed by atoms with Gasteiger partial charge in [-0.1, -0.05) is 18.2 Å². The van der Waals surface area contributed by atoms with Crippen LogP contribution in [0.3, 0.4) is 0 Å². The predicted octanol–water partition coefficient (Wildman–Crippen LogP) is 1.68. The molecule has 3 nitrogen and oxygen atoms in total. The molecule has 0 spiro atoms. The minimum Gasteiger partial charge on any atom is -0.451 e. The van der Waals surface area contributed by atoms with Crippen LogP contribution in [0, 0.1) is 0 Å². The molecule has 3 rings (SSSR count). The third kappa shape index (κ3) is 0.758. The van der Waals surface area contributed by atoms with Crippen molar-refractivity contribution in [1.82, 2.24) is 5.32 Å². The summed E-state index contributed by atoms with van der Waals surface area (Å²) in [4.78, 5) is 11.2. The largest absolute Gasteiger partial charge is 0.451 e. The van der Waals surface area contributed by atoms with E-state index in [1.807, 2.05) is 24.3 Å². The van der Waals surface area contributed by atoms with Crippen LogP contribution in [0.25, 0.3) is 11.0 Å². The number of benzene rings is 1. The van der Waals surface area contributed by atoms with Crippen molar-refractivity contribution >= 4 is 16.9 Å². The molecule has 0 atom stereocenters. The molecule has 0 bridgehead atoms. The number of furan rings is 1. The molecule has 0 saturated heterocycles. The lowest BCUT2D eigenvalue weighted by molar-refractivity contribution is 0.0943. The van der Waals surface area contributed by atoms with Crippen molar-refractivity contribution in [3.8, 4) is 0 Å². The fourth-order valence-corrected chi connectivity index (χ4v) is 1.71. The first-order chi connectivity index (χ1) is 6.36. The Morgan fingerprint density at radius 3 is 3.08 bits per heavy atom. The summed E-state index contributed by atoms with van der Waals surface area (Å²) >= 11 is 0. The number of para-hydroxylation sites is 1. The standard InChI is InChI=1S/C10H7NO2/c12-10-9-7(5-11-10)6-3-1-2-4-8(6)13-9/h1-4H,5H2,(H,11,12). The first-order valence-electron chi connectivity index (χ1n) is 4.15. The number of fused-ring (bicyclic) bond motifs is 3. The molecule has 1 aliphatic rings. The van der Waals surface area contributed by atoms with Crippen LogP contribution in [0.15, 0.2) is 28.7 Å². The van der Waals surface area contributed by atoms with Gasteiger partial charge in [0.1, 0.15) is 5.58 Å². The first-order valence-corrected chi connectivity index (χ1v) is 4.15. The quantitative estimate of drug-likeness (QED) is 0.658. The molecule has 0 saturated carbocycles. The van der Waals surface area contributed by atoms with Crippen LogP contribution in [0.5, 0.6) is 0 Å². The number of rotatable bonds is 0. The summed E-state index contributed by atoms with van der Waals surface area (Å²) < 4.78 is 5.41. The molecule has 1 N–H and O–H groups in total. The van der Waals surface area contributed by atoms with E-state index >= 15 is 0 Å². The van der Waals surface area contributed by atoms with E-state index in [0.717, 1.165) is 16.5 Å². The van der Waals surface area contributed by atoms with Gasteiger partial charge in [0, 0.05) is 17.5 Å². The summed E-state index contributed by atoms with van der Waals surface area (Å²) in [5, 5.41) is 3.76. The van der Waals surface area contributed by atoms with Crippen LogP contribution in [-0.4, -0.2) is 5.91 Å². The Balaban J connectivity index is 2.44. The number of nitrogens with one attached hydrogen (secondary N) is 1. The molecule has 0 unspecified atom stereocenters. The van der Waals surface area contributed by atoms with Crippen molar-refractivity contribution in [2.24, 2.45) is 0 Å². The minimum absolute atomic E-state index is 0.105. The van der Waals surface area contributed by atoms with Crippen LogP contribution in [-0.2, 0) is 6.54 Å². The third-order valence-electron chi connectivity index (χ3n) is 2.33. The van der Waals surface area contributed by atoms with E-state index in [0.29, 0.717) is 12.3 Å². The van der Waals surface area contributed by atoms with Gasteiger partial charge in [0.2, 0.25) is 0 Å². The summed E-state index contributed by atoms with van der Waals surface area (Å²) in [6.07, 6.45) is 0. The molecule has 0 radical (unpaired) electrons. The van der Waals surface area contributed by atoms with Crippen LogP contribution in [0.4, 0.5) is 0 Å². The van der Waals surface area contributed by atoms with Gasteiger partial charge in [0.25, 0.3) is 5.91 Å². The summed E-state index contributed by atoms with van der Waals surface area (Å²) in [5.74, 6) is 0.368. The fraction of sp³-hybridized carbons (Fsp3) is 0.100. The summed E-state index contributed by atoms with van der Waals surface area (Å²) in [6.45, 7) is 0.588. The smallest absolute Gasteiger partial charge is 0.287 e. The Morgan fingerprint density at radius 1 is 1.31 bits per heavy atom. The van der Waals surface area contributed by atoms with Gasteiger partial charge < -0.3 is 9.73 Å². The van der Waals surface area contributed by atoms with E-state index in [1.54, 1.807) is 0 Å². The molecule has 0 aliphatic carbocycles. The van der Waals surface area contributed by atoms with Crippen molar-refractivity contribution in [3.05, 3.63) is 35.6 Å². The maximum Gasteiger partial charge on any atom is 0.287 e. The highest BCUT2D eigenvalue weighted by molar-refractivity contribution is 6.01. The molecule has 1 aliphatic heterocycles. The Labute approximate surface area is 74.3 Å². The highest BCUT2D eigenvalue weighted by atomic mass is 16.3. The monoisotopic (exact) mass is 173 g/mol. The first kappa shape index (κ1) is 6.71. The molecule has 3 heteroatoms. The third-order valence-corrected chi connectivity index (χ3v) is 2.33. The summed E-state index contributed by atoms with van der Waals surface area (Å²) in [7, 11) is 0. The van der Waals surface area contributed by atoms with Crippen molar-refractivity contribution in [3.63, 3.8) is 0 Å². The lowest BCUT2D eigenvalue weighted by Gasteiger charge is -1.91. The maximum absolute atomic E-state index is 11.2. The van der Waals surface area contributed by atoms with E-state index in [9.17, 15) is 4.79 Å². The van der Waals surface area contributed by atoms with Gasteiger partial charge in [0.15, 0.2) is 5.76 Å². The van der Waals surface area contributed by atoms with Gasteiger partial charge in [-0.2, -0.15) is 0 Å². The lowest BCUT2D eigenvalue weighted by Crippen LogP contribution is -2.12. The van der Waals surface area contributed by atoms with Crippen LogP contribution >= 0.6 is 0 Å². The van der Waals surface area contributed by atoms with Crippen LogP contribution < -0.4 is 5.32 Å². The zero-order chi connectivity index (χ0) is 8.84. The SMILES string of the molecule is O=C1NCc2c1oc1ccccc21. The molecule has 1 aromatic carbocycles. The Kier molecular flexibility index (Phi) is 1.10. The van der Waals surface area contributed by atoms with E-state index in [4.69, 9.17) is 4.42 Å². The Bertz CT molecular complexity index is 499. The average Bonchev–Trinajstić information content (AvgIpc) is 2.67. The van der Waals surface area contributed by atoms with Gasteiger partial charge >= 0.3 is 0 Å². The highest BCUT2D eigenvalue weighted by Crippen LogP contribution is 2.28. The van der Waals surface area contributed by atoms with Crippen molar-refractivity contribution in [2.75, 3.05) is 0 Å². The Hall–Kier alpha value is -1.77. The van der Waals surface area contributed by atoms with Crippen molar-refractivity contribution in [1.29, 1.82) is 0 Å². The fourth-order valence-electron chi connectivity index (χ4n) is 1.71. The lowest BCUT2D eigenvalue weighted by atomic mass is 10.1. The molecule has 2 aromatic rings. The number of hydrogen-bond acceptors (Lipinski definition) is 2. The number of carbonyl (C=O) groups is 1. The molecular formula is C10H7NO2.